The summed E-state index contributed by atoms with van der Waals surface area (Å²) in [6.45, 7) is 6.72. The van der Waals surface area contributed by atoms with Gasteiger partial charge in [-0.15, -0.1) is 0 Å². The molecule has 0 bridgehead atoms. The molecule has 11 heavy (non-hydrogen) atoms. The fourth-order valence-electron chi connectivity index (χ4n) is 1.24. The van der Waals surface area contributed by atoms with E-state index in [0.29, 0.717) is 0 Å². The fraction of sp³-hybridized carbons (Fsp3) is 0.818. The molecule has 0 N–H and O–H groups in total. The van der Waals surface area contributed by atoms with Crippen molar-refractivity contribution in [2.45, 2.75) is 52.9 Å². The summed E-state index contributed by atoms with van der Waals surface area (Å²) < 4.78 is 0. The minimum Gasteiger partial charge on any atom is -0.0917 e. The molecule has 0 spiro atoms. The monoisotopic (exact) mass is 154 g/mol. The van der Waals surface area contributed by atoms with E-state index in [9.17, 15) is 0 Å². The lowest BCUT2D eigenvalue weighted by molar-refractivity contribution is 0.475. The minimum atomic E-state index is 0.922. The van der Waals surface area contributed by atoms with Crippen LogP contribution in [-0.4, -0.2) is 0 Å². The van der Waals surface area contributed by atoms with Gasteiger partial charge in [0.2, 0.25) is 0 Å². The van der Waals surface area contributed by atoms with Crippen LogP contribution in [-0.2, 0) is 0 Å². The summed E-state index contributed by atoms with van der Waals surface area (Å²) in [7, 11) is 0. The van der Waals surface area contributed by atoms with Crippen LogP contribution in [0.3, 0.4) is 0 Å². The molecule has 0 amide bonds. The second-order valence-electron chi connectivity index (χ2n) is 3.39. The van der Waals surface area contributed by atoms with Gasteiger partial charge in [0.05, 0.1) is 0 Å². The van der Waals surface area contributed by atoms with Gasteiger partial charge in [-0.3, -0.25) is 0 Å². The molecule has 0 aliphatic heterocycles. The van der Waals surface area contributed by atoms with E-state index in [2.05, 4.69) is 32.9 Å². The van der Waals surface area contributed by atoms with Gasteiger partial charge in [0.15, 0.2) is 0 Å². The molecule has 0 aromatic carbocycles. The van der Waals surface area contributed by atoms with E-state index in [4.69, 9.17) is 0 Å². The maximum Gasteiger partial charge on any atom is -0.0348 e. The molecule has 0 fully saturated rings. The van der Waals surface area contributed by atoms with Gasteiger partial charge in [-0.25, -0.2) is 0 Å². The summed E-state index contributed by atoms with van der Waals surface area (Å²) in [5.74, 6) is 0.922. The summed E-state index contributed by atoms with van der Waals surface area (Å²) in [5, 5.41) is 0. The smallest absolute Gasteiger partial charge is 0.0348 e. The quantitative estimate of drug-likeness (QED) is 0.504. The third kappa shape index (κ3) is 7.64. The highest BCUT2D eigenvalue weighted by Gasteiger charge is 1.98. The zero-order chi connectivity index (χ0) is 8.53. The summed E-state index contributed by atoms with van der Waals surface area (Å²) in [6.07, 6.45) is 11.2. The van der Waals surface area contributed by atoms with Gasteiger partial charge >= 0.3 is 0 Å². The molecule has 0 aromatic heterocycles. The number of hydrogen-bond acceptors (Lipinski definition) is 0. The van der Waals surface area contributed by atoms with Gasteiger partial charge in [0, 0.05) is 0 Å². The Hall–Kier alpha value is -0.260. The molecule has 0 aliphatic rings. The Balaban J connectivity index is 3.15. The second kappa shape index (κ2) is 7.84. The Morgan fingerprint density at radius 1 is 1.27 bits per heavy atom. The molecule has 0 rings (SSSR count). The number of allylic oxidation sites excluding steroid dienone is 2. The number of rotatable bonds is 6. The summed E-state index contributed by atoms with van der Waals surface area (Å²) in [5.41, 5.74) is 0. The standard InChI is InChI=1S/C11H22/c1-4-6-8-10-11(3)9-7-5-2/h4,6,11H,5,7-10H2,1-3H3/b6-4+. The normalized spacial score (nSPS) is 14.1. The summed E-state index contributed by atoms with van der Waals surface area (Å²) in [4.78, 5) is 0. The van der Waals surface area contributed by atoms with Crippen molar-refractivity contribution < 1.29 is 0 Å². The minimum absolute atomic E-state index is 0.922. The van der Waals surface area contributed by atoms with Gasteiger partial charge in [-0.05, 0) is 25.7 Å². The maximum absolute atomic E-state index is 2.36. The van der Waals surface area contributed by atoms with E-state index in [-0.39, 0.29) is 0 Å². The topological polar surface area (TPSA) is 0 Å². The first-order chi connectivity index (χ1) is 5.31. The van der Waals surface area contributed by atoms with Gasteiger partial charge in [0.1, 0.15) is 0 Å². The summed E-state index contributed by atoms with van der Waals surface area (Å²) in [6, 6.07) is 0. The van der Waals surface area contributed by atoms with Crippen molar-refractivity contribution in [3.8, 4) is 0 Å². The van der Waals surface area contributed by atoms with E-state index in [1.165, 1.54) is 32.1 Å². The van der Waals surface area contributed by atoms with E-state index < -0.39 is 0 Å². The molecular weight excluding hydrogens is 132 g/mol. The zero-order valence-corrected chi connectivity index (χ0v) is 8.27. The van der Waals surface area contributed by atoms with E-state index >= 15 is 0 Å². The Morgan fingerprint density at radius 2 is 2.00 bits per heavy atom. The van der Waals surface area contributed by atoms with Crippen LogP contribution in [0.1, 0.15) is 52.9 Å². The lowest BCUT2D eigenvalue weighted by atomic mass is 9.99. The van der Waals surface area contributed by atoms with Crippen molar-refractivity contribution in [3.63, 3.8) is 0 Å². The van der Waals surface area contributed by atoms with E-state index in [1.807, 2.05) is 0 Å². The van der Waals surface area contributed by atoms with Crippen LogP contribution < -0.4 is 0 Å². The molecule has 66 valence electrons. The SMILES string of the molecule is C/C=C/CCC(C)CCCC. The van der Waals surface area contributed by atoms with Crippen LogP contribution >= 0.6 is 0 Å². The highest BCUT2D eigenvalue weighted by Crippen LogP contribution is 2.13. The van der Waals surface area contributed by atoms with Crippen molar-refractivity contribution in [3.05, 3.63) is 12.2 Å². The molecule has 0 saturated carbocycles. The van der Waals surface area contributed by atoms with Crippen molar-refractivity contribution in [1.29, 1.82) is 0 Å². The lowest BCUT2D eigenvalue weighted by Gasteiger charge is -2.07. The molecule has 0 nitrogen and oxygen atoms in total. The molecule has 1 unspecified atom stereocenters. The second-order valence-corrected chi connectivity index (χ2v) is 3.39. The van der Waals surface area contributed by atoms with Crippen molar-refractivity contribution in [2.24, 2.45) is 5.92 Å². The average Bonchev–Trinajstić information content (AvgIpc) is 2.01. The van der Waals surface area contributed by atoms with Gasteiger partial charge in [0.25, 0.3) is 0 Å². The largest absolute Gasteiger partial charge is 0.0917 e. The number of unbranched alkanes of at least 4 members (excludes halogenated alkanes) is 1. The highest BCUT2D eigenvalue weighted by atomic mass is 14.0. The first-order valence-electron chi connectivity index (χ1n) is 4.92. The number of hydrogen-bond donors (Lipinski definition) is 0. The fourth-order valence-corrected chi connectivity index (χ4v) is 1.24. The van der Waals surface area contributed by atoms with Crippen LogP contribution in [0.5, 0.6) is 0 Å². The Kier molecular flexibility index (Phi) is 7.66. The molecule has 0 heterocycles. The summed E-state index contributed by atoms with van der Waals surface area (Å²) >= 11 is 0. The first-order valence-corrected chi connectivity index (χ1v) is 4.92. The molecule has 0 aliphatic carbocycles. The van der Waals surface area contributed by atoms with Crippen molar-refractivity contribution in [1.82, 2.24) is 0 Å². The lowest BCUT2D eigenvalue weighted by Crippen LogP contribution is -1.92. The molecule has 0 aromatic rings. The zero-order valence-electron chi connectivity index (χ0n) is 8.27. The molecule has 1 atom stereocenters. The van der Waals surface area contributed by atoms with Crippen LogP contribution in [0.25, 0.3) is 0 Å². The molecule has 0 heteroatoms. The Morgan fingerprint density at radius 3 is 2.55 bits per heavy atom. The average molecular weight is 154 g/mol. The predicted molar refractivity (Wildman–Crippen MR) is 52.7 cm³/mol. The van der Waals surface area contributed by atoms with Crippen LogP contribution in [0.15, 0.2) is 12.2 Å². The maximum atomic E-state index is 2.36. The molecular formula is C11H22. The highest BCUT2D eigenvalue weighted by molar-refractivity contribution is 4.77. The first kappa shape index (κ1) is 10.7. The van der Waals surface area contributed by atoms with Crippen molar-refractivity contribution in [2.75, 3.05) is 0 Å². The van der Waals surface area contributed by atoms with Gasteiger partial charge < -0.3 is 0 Å². The van der Waals surface area contributed by atoms with Gasteiger partial charge in [-0.1, -0.05) is 45.3 Å². The van der Waals surface area contributed by atoms with Crippen LogP contribution in [0, 0.1) is 5.92 Å². The van der Waals surface area contributed by atoms with E-state index in [1.54, 1.807) is 0 Å². The molecule has 0 radical (unpaired) electrons. The Bertz CT molecular complexity index is 92.2. The van der Waals surface area contributed by atoms with Crippen molar-refractivity contribution >= 4 is 0 Å². The molecule has 0 saturated heterocycles. The van der Waals surface area contributed by atoms with Crippen LogP contribution in [0.2, 0.25) is 0 Å². The van der Waals surface area contributed by atoms with Crippen LogP contribution in [0.4, 0.5) is 0 Å². The Labute approximate surface area is 71.7 Å². The third-order valence-electron chi connectivity index (χ3n) is 2.11. The third-order valence-corrected chi connectivity index (χ3v) is 2.11. The van der Waals surface area contributed by atoms with Gasteiger partial charge in [-0.2, -0.15) is 0 Å². The van der Waals surface area contributed by atoms with E-state index in [0.717, 1.165) is 5.92 Å². The predicted octanol–water partition coefficient (Wildman–Crippen LogP) is 4.17.